The monoisotopic (exact) mass is 444 g/mol. The van der Waals surface area contributed by atoms with Crippen molar-refractivity contribution in [2.24, 2.45) is 4.99 Å². The average Bonchev–Trinajstić information content (AvgIpc) is 3.18. The predicted molar refractivity (Wildman–Crippen MR) is 128 cm³/mol. The van der Waals surface area contributed by atoms with Gasteiger partial charge >= 0.3 is 0 Å². The number of aryl methyl sites for hydroxylation is 1. The van der Waals surface area contributed by atoms with Crippen LogP contribution in [-0.4, -0.2) is 10.5 Å². The second kappa shape index (κ2) is 9.88. The predicted octanol–water partition coefficient (Wildman–Crippen LogP) is 6.20. The summed E-state index contributed by atoms with van der Waals surface area (Å²) in [5.41, 5.74) is 3.77. The van der Waals surface area contributed by atoms with Gasteiger partial charge < -0.3 is 4.57 Å². The summed E-state index contributed by atoms with van der Waals surface area (Å²) in [7, 11) is 0. The number of hydrogen-bond acceptors (Lipinski definition) is 2. The van der Waals surface area contributed by atoms with Gasteiger partial charge in [0.2, 0.25) is 0 Å². The minimum absolute atomic E-state index is 0.195. The molecule has 0 atom stereocenters. The normalized spacial score (nSPS) is 11.8. The number of carbonyl (C=O) groups excluding carboxylic acids is 1. The van der Waals surface area contributed by atoms with Gasteiger partial charge in [-0.2, -0.15) is 4.99 Å². The molecule has 3 aromatic carbocycles. The lowest BCUT2D eigenvalue weighted by molar-refractivity contribution is -0.118. The first-order valence-electron chi connectivity index (χ1n) is 10.8. The van der Waals surface area contributed by atoms with Gasteiger partial charge in [-0.05, 0) is 54.3 Å². The fraction of sp³-hybridized carbons (Fsp3) is 0.185. The average molecular weight is 445 g/mol. The van der Waals surface area contributed by atoms with Crippen LogP contribution in [-0.2, 0) is 17.8 Å². The Morgan fingerprint density at radius 1 is 0.906 bits per heavy atom. The summed E-state index contributed by atoms with van der Waals surface area (Å²) < 4.78 is 15.5. The van der Waals surface area contributed by atoms with E-state index in [0.29, 0.717) is 11.3 Å². The molecule has 162 valence electrons. The number of benzene rings is 3. The molecule has 3 nitrogen and oxygen atoms in total. The van der Waals surface area contributed by atoms with Crippen LogP contribution in [0.5, 0.6) is 0 Å². The first-order valence-corrected chi connectivity index (χ1v) is 11.6. The Morgan fingerprint density at radius 3 is 1.97 bits per heavy atom. The maximum Gasteiger partial charge on any atom is 0.260 e. The van der Waals surface area contributed by atoms with E-state index < -0.39 is 5.92 Å². The third-order valence-corrected chi connectivity index (χ3v) is 6.68. The Labute approximate surface area is 191 Å². The summed E-state index contributed by atoms with van der Waals surface area (Å²) in [6.45, 7) is 4.78. The number of carbonyl (C=O) groups is 1. The zero-order chi connectivity index (χ0) is 22.5. The number of halogens is 1. The number of thiazole rings is 1. The van der Waals surface area contributed by atoms with E-state index in [9.17, 15) is 9.18 Å². The van der Waals surface area contributed by atoms with Crippen LogP contribution in [0.1, 0.15) is 35.8 Å². The molecule has 0 aliphatic rings. The van der Waals surface area contributed by atoms with Gasteiger partial charge in [-0.1, -0.05) is 67.6 Å². The molecule has 0 saturated carbocycles. The molecular formula is C27H25FN2OS. The third kappa shape index (κ3) is 4.48. The molecule has 0 N–H and O–H groups in total. The van der Waals surface area contributed by atoms with Gasteiger partial charge in [-0.15, -0.1) is 11.3 Å². The van der Waals surface area contributed by atoms with Crippen LogP contribution in [0.3, 0.4) is 0 Å². The Bertz CT molecular complexity index is 1220. The topological polar surface area (TPSA) is 34.4 Å². The molecule has 1 amide bonds. The lowest BCUT2D eigenvalue weighted by Crippen LogP contribution is -2.20. The summed E-state index contributed by atoms with van der Waals surface area (Å²) in [6, 6.07) is 26.0. The van der Waals surface area contributed by atoms with Gasteiger partial charge in [-0.25, -0.2) is 4.39 Å². The highest BCUT2D eigenvalue weighted by Crippen LogP contribution is 2.28. The lowest BCUT2D eigenvalue weighted by Gasteiger charge is -2.14. The minimum atomic E-state index is -0.468. The molecule has 32 heavy (non-hydrogen) atoms. The number of aromatic nitrogens is 1. The van der Waals surface area contributed by atoms with Gasteiger partial charge in [0, 0.05) is 11.4 Å². The summed E-state index contributed by atoms with van der Waals surface area (Å²) in [5, 5.41) is 0. The van der Waals surface area contributed by atoms with E-state index in [-0.39, 0.29) is 11.7 Å². The molecule has 0 aliphatic carbocycles. The molecule has 0 bridgehead atoms. The third-order valence-electron chi connectivity index (χ3n) is 5.45. The van der Waals surface area contributed by atoms with Crippen molar-refractivity contribution < 1.29 is 9.18 Å². The van der Waals surface area contributed by atoms with Gasteiger partial charge in [0.15, 0.2) is 4.80 Å². The summed E-state index contributed by atoms with van der Waals surface area (Å²) in [5.74, 6) is -0.929. The molecule has 1 heterocycles. The molecule has 0 unspecified atom stereocenters. The molecule has 1 aromatic heterocycles. The molecule has 4 aromatic rings. The minimum Gasteiger partial charge on any atom is -0.316 e. The maximum absolute atomic E-state index is 13.5. The highest BCUT2D eigenvalue weighted by atomic mass is 32.1. The Kier molecular flexibility index (Phi) is 6.76. The largest absolute Gasteiger partial charge is 0.316 e. The van der Waals surface area contributed by atoms with Crippen molar-refractivity contribution in [1.29, 1.82) is 0 Å². The first kappa shape index (κ1) is 21.9. The van der Waals surface area contributed by atoms with Crippen molar-refractivity contribution in [3.8, 4) is 11.3 Å². The molecule has 0 fully saturated rings. The van der Waals surface area contributed by atoms with Crippen LogP contribution >= 0.6 is 11.3 Å². The molecule has 0 spiro atoms. The van der Waals surface area contributed by atoms with Crippen molar-refractivity contribution in [2.75, 3.05) is 0 Å². The van der Waals surface area contributed by atoms with E-state index in [2.05, 4.69) is 16.5 Å². The van der Waals surface area contributed by atoms with Crippen molar-refractivity contribution in [3.05, 3.63) is 112 Å². The maximum atomic E-state index is 13.5. The standard InChI is InChI=1S/C27H25FN2OS/c1-3-23-25(21-15-17-22(28)18-16-21)30(4-2)27(32-23)29-26(31)24(19-11-7-5-8-12-19)20-13-9-6-10-14-20/h5-18,24H,3-4H2,1-2H3. The zero-order valence-corrected chi connectivity index (χ0v) is 19.0. The molecule has 4 rings (SSSR count). The quantitative estimate of drug-likeness (QED) is 0.349. The fourth-order valence-corrected chi connectivity index (χ4v) is 5.08. The van der Waals surface area contributed by atoms with Gasteiger partial charge in [0.25, 0.3) is 5.91 Å². The number of hydrogen-bond donors (Lipinski definition) is 0. The van der Waals surface area contributed by atoms with E-state index in [1.807, 2.05) is 67.6 Å². The highest BCUT2D eigenvalue weighted by Gasteiger charge is 2.23. The van der Waals surface area contributed by atoms with Crippen LogP contribution in [0.2, 0.25) is 0 Å². The number of rotatable bonds is 6. The van der Waals surface area contributed by atoms with Crippen molar-refractivity contribution >= 4 is 17.2 Å². The second-order valence-electron chi connectivity index (χ2n) is 7.47. The summed E-state index contributed by atoms with van der Waals surface area (Å²) >= 11 is 1.53. The van der Waals surface area contributed by atoms with E-state index in [1.54, 1.807) is 12.1 Å². The van der Waals surface area contributed by atoms with E-state index >= 15 is 0 Å². The molecule has 0 aliphatic heterocycles. The van der Waals surface area contributed by atoms with Crippen LogP contribution < -0.4 is 4.80 Å². The SMILES string of the molecule is CCc1sc(=NC(=O)C(c2ccccc2)c2ccccc2)n(CC)c1-c1ccc(F)cc1. The van der Waals surface area contributed by atoms with E-state index in [0.717, 1.165) is 33.7 Å². The Balaban J connectivity index is 1.85. The lowest BCUT2D eigenvalue weighted by atomic mass is 9.91. The van der Waals surface area contributed by atoms with Gasteiger partial charge in [0.1, 0.15) is 5.82 Å². The van der Waals surface area contributed by atoms with Gasteiger partial charge in [-0.3, -0.25) is 4.79 Å². The summed E-state index contributed by atoms with van der Waals surface area (Å²) in [6.07, 6.45) is 0.807. The van der Waals surface area contributed by atoms with Crippen LogP contribution in [0, 0.1) is 5.82 Å². The zero-order valence-electron chi connectivity index (χ0n) is 18.2. The second-order valence-corrected chi connectivity index (χ2v) is 8.53. The van der Waals surface area contributed by atoms with Crippen LogP contribution in [0.15, 0.2) is 89.9 Å². The first-order chi connectivity index (χ1) is 15.6. The molecule has 5 heteroatoms. The van der Waals surface area contributed by atoms with E-state index in [1.165, 1.54) is 23.5 Å². The van der Waals surface area contributed by atoms with Crippen LogP contribution in [0.25, 0.3) is 11.3 Å². The molecular weight excluding hydrogens is 419 g/mol. The van der Waals surface area contributed by atoms with Crippen molar-refractivity contribution in [3.63, 3.8) is 0 Å². The number of nitrogens with zero attached hydrogens (tertiary/aromatic N) is 2. The Hall–Kier alpha value is -3.31. The summed E-state index contributed by atoms with van der Waals surface area (Å²) in [4.78, 5) is 20.0. The molecule has 0 saturated heterocycles. The van der Waals surface area contributed by atoms with Gasteiger partial charge in [0.05, 0.1) is 11.6 Å². The smallest absolute Gasteiger partial charge is 0.260 e. The van der Waals surface area contributed by atoms with Crippen molar-refractivity contribution in [2.45, 2.75) is 32.7 Å². The molecule has 0 radical (unpaired) electrons. The van der Waals surface area contributed by atoms with E-state index in [4.69, 9.17) is 0 Å². The van der Waals surface area contributed by atoms with Crippen LogP contribution in [0.4, 0.5) is 4.39 Å². The van der Waals surface area contributed by atoms with Crippen molar-refractivity contribution in [1.82, 2.24) is 4.57 Å². The number of amides is 1. The highest BCUT2D eigenvalue weighted by molar-refractivity contribution is 7.09. The Morgan fingerprint density at radius 2 is 1.47 bits per heavy atom. The fourth-order valence-electron chi connectivity index (χ4n) is 3.93.